The smallest absolute Gasteiger partial charge is 0.408 e. The number of benzene rings is 2. The zero-order valence-corrected chi connectivity index (χ0v) is 37.7. The Kier molecular flexibility index (Phi) is 13.0. The van der Waals surface area contributed by atoms with E-state index >= 15 is 0 Å². The summed E-state index contributed by atoms with van der Waals surface area (Å²) in [7, 11) is -2.70. The predicted molar refractivity (Wildman–Crippen MR) is 237 cm³/mol. The lowest BCUT2D eigenvalue weighted by atomic mass is 9.85. The maximum Gasteiger partial charge on any atom is 0.408 e. The van der Waals surface area contributed by atoms with Gasteiger partial charge in [0.1, 0.15) is 52.6 Å². The maximum atomic E-state index is 14.9. The van der Waals surface area contributed by atoms with E-state index in [1.165, 1.54) is 40.5 Å². The minimum absolute atomic E-state index is 0.00385. The summed E-state index contributed by atoms with van der Waals surface area (Å²) >= 11 is 1.45. The molecule has 332 valence electrons. The maximum absolute atomic E-state index is 14.9. The number of nitrogens with one attached hydrogen (secondary N) is 3. The van der Waals surface area contributed by atoms with Gasteiger partial charge in [-0.1, -0.05) is 39.0 Å². The molecule has 0 spiro atoms. The molecule has 3 aliphatic rings. The number of fused-ring (bicyclic) bond motifs is 1. The van der Waals surface area contributed by atoms with E-state index in [-0.39, 0.29) is 37.7 Å². The van der Waals surface area contributed by atoms with Crippen molar-refractivity contribution in [1.29, 1.82) is 0 Å². The summed E-state index contributed by atoms with van der Waals surface area (Å²) in [6.07, 6.45) is 2.94. The molecular weight excluding hydrogens is 835 g/mol. The molecule has 2 aromatic heterocycles. The first kappa shape index (κ1) is 45.0. The number of alkyl carbamates (subject to hydrolysis) is 1. The number of thiazole rings is 1. The third kappa shape index (κ3) is 9.77. The van der Waals surface area contributed by atoms with Gasteiger partial charge in [0.2, 0.25) is 19.2 Å². The first-order chi connectivity index (χ1) is 29.4. The van der Waals surface area contributed by atoms with Gasteiger partial charge in [-0.3, -0.25) is 14.2 Å². The highest BCUT2D eigenvalue weighted by molar-refractivity contribution is 7.59. The topological polar surface area (TPSA) is 181 Å². The lowest BCUT2D eigenvalue weighted by Gasteiger charge is -2.36. The molecule has 4 N–H and O–H groups in total. The van der Waals surface area contributed by atoms with Crippen molar-refractivity contribution in [3.63, 3.8) is 0 Å². The number of rotatable bonds is 15. The lowest BCUT2D eigenvalue weighted by molar-refractivity contribution is -0.142. The van der Waals surface area contributed by atoms with Crippen LogP contribution in [-0.2, 0) is 25.1 Å². The molecule has 2 saturated carbocycles. The number of pyridine rings is 1. The van der Waals surface area contributed by atoms with Gasteiger partial charge >= 0.3 is 6.09 Å². The average molecular weight is 891 g/mol. The lowest BCUT2D eigenvalue weighted by Crippen LogP contribution is -2.58. The number of methoxy groups -OCH3 is 1. The van der Waals surface area contributed by atoms with Crippen LogP contribution in [0.5, 0.6) is 11.5 Å². The molecule has 0 bridgehead atoms. The molecule has 1 aliphatic heterocycles. The molecule has 0 radical (unpaired) electrons. The summed E-state index contributed by atoms with van der Waals surface area (Å²) in [5.41, 5.74) is 1.21. The molecule has 1 saturated heterocycles. The van der Waals surface area contributed by atoms with E-state index < -0.39 is 65.9 Å². The Bertz CT molecular complexity index is 2380. The molecule has 3 amide bonds. The molecule has 2 aromatic carbocycles. The van der Waals surface area contributed by atoms with Gasteiger partial charge in [-0.25, -0.2) is 19.2 Å². The molecule has 62 heavy (non-hydrogen) atoms. The van der Waals surface area contributed by atoms with E-state index in [1.54, 1.807) is 31.4 Å². The van der Waals surface area contributed by atoms with Crippen LogP contribution < -0.4 is 25.4 Å². The van der Waals surface area contributed by atoms with Crippen LogP contribution in [0.2, 0.25) is 0 Å². The van der Waals surface area contributed by atoms with Crippen molar-refractivity contribution in [2.75, 3.05) is 19.0 Å². The van der Waals surface area contributed by atoms with E-state index in [2.05, 4.69) is 22.5 Å². The van der Waals surface area contributed by atoms with E-state index in [0.717, 1.165) is 30.8 Å². The van der Waals surface area contributed by atoms with Crippen molar-refractivity contribution >= 4 is 52.6 Å². The number of aromatic nitrogens is 2. The second-order valence-corrected chi connectivity index (χ2v) is 21.3. The van der Waals surface area contributed by atoms with Gasteiger partial charge < -0.3 is 40.0 Å². The quantitative estimate of drug-likeness (QED) is 0.0667. The number of carbonyl (C=O) groups is 3. The fourth-order valence-electron chi connectivity index (χ4n) is 8.42. The van der Waals surface area contributed by atoms with Gasteiger partial charge in [0.05, 0.1) is 31.0 Å². The molecule has 14 nitrogen and oxygen atoms in total. The van der Waals surface area contributed by atoms with Crippen LogP contribution in [0.1, 0.15) is 78.7 Å². The molecule has 17 heteroatoms. The third-order valence-electron chi connectivity index (χ3n) is 11.8. The fourth-order valence-corrected chi connectivity index (χ4v) is 11.6. The Morgan fingerprint density at radius 2 is 1.85 bits per heavy atom. The summed E-state index contributed by atoms with van der Waals surface area (Å²) in [6, 6.07) is 10.5. The van der Waals surface area contributed by atoms with Gasteiger partial charge in [0.15, 0.2) is 5.13 Å². The Balaban J connectivity index is 1.22. The molecule has 3 heterocycles. The summed E-state index contributed by atoms with van der Waals surface area (Å²) in [6.45, 7) is 13.3. The fraction of sp³-hybridized carbons (Fsp3) is 0.489. The number of hydrogen-bond acceptors (Lipinski definition) is 11. The van der Waals surface area contributed by atoms with Crippen molar-refractivity contribution in [1.82, 2.24) is 25.5 Å². The van der Waals surface area contributed by atoms with Crippen molar-refractivity contribution < 1.29 is 42.4 Å². The van der Waals surface area contributed by atoms with E-state index in [1.807, 2.05) is 46.1 Å². The summed E-state index contributed by atoms with van der Waals surface area (Å²) in [5.74, 6) is -1.29. The first-order valence-electron chi connectivity index (χ1n) is 21.1. The first-order valence-corrected chi connectivity index (χ1v) is 23.8. The van der Waals surface area contributed by atoms with Crippen LogP contribution in [0.25, 0.3) is 22.3 Å². The monoisotopic (exact) mass is 890 g/mol. The zero-order valence-electron chi connectivity index (χ0n) is 36.0. The van der Waals surface area contributed by atoms with Gasteiger partial charge in [-0.15, -0.1) is 17.9 Å². The minimum Gasteiger partial charge on any atom is -0.497 e. The number of amides is 3. The number of nitrogens with zero attached hydrogens (tertiary/aromatic N) is 3. The molecule has 1 unspecified atom stereocenters. The molecule has 2 aliphatic carbocycles. The van der Waals surface area contributed by atoms with Crippen LogP contribution in [0.3, 0.4) is 0 Å². The summed E-state index contributed by atoms with van der Waals surface area (Å²) in [4.78, 5) is 65.6. The normalized spacial score (nSPS) is 22.8. The second kappa shape index (κ2) is 18.0. The van der Waals surface area contributed by atoms with Crippen LogP contribution in [-0.4, -0.2) is 86.9 Å². The van der Waals surface area contributed by atoms with Crippen LogP contribution in [0.15, 0.2) is 66.6 Å². The largest absolute Gasteiger partial charge is 0.497 e. The highest BCUT2D eigenvalue weighted by Gasteiger charge is 2.65. The number of likely N-dealkylation sites (tertiary alicyclic amines) is 1. The zero-order chi connectivity index (χ0) is 44.6. The predicted octanol–water partition coefficient (Wildman–Crippen LogP) is 8.25. The molecule has 6 atom stereocenters. The van der Waals surface area contributed by atoms with Crippen molar-refractivity contribution in [3.05, 3.63) is 77.9 Å². The van der Waals surface area contributed by atoms with Gasteiger partial charge in [-0.05, 0) is 81.2 Å². The molecule has 4 aromatic rings. The van der Waals surface area contributed by atoms with E-state index in [4.69, 9.17) is 24.2 Å². The molecule has 3 fully saturated rings. The number of anilines is 1. The highest BCUT2D eigenvalue weighted by Crippen LogP contribution is 2.70. The molecular formula is C45H56FN6O8PS. The second-order valence-electron chi connectivity index (χ2n) is 17.9. The van der Waals surface area contributed by atoms with Gasteiger partial charge in [0, 0.05) is 41.3 Å². The standard InChI is InChI=1S/C45H56FN6O8PS/c1-8-28-22-45(28,61(56,57)24-27-12-11-13-29(46)18-27)51-40(53)37-20-32(23-52(37)41(54)39(44(4,5)6)50-43(55)60-30-14-9-10-15-30)59-38-21-35(36-25-62-42(49-36)47-26(2)3)48-34-19-31(58-7)16-17-33(34)38/h8,11-13,16-19,21,25-26,28,30,32,37,39H,1,9-10,14-15,20,22-24H2,2-7H3,(H,47,49)(H,50,55)(H,51,53)(H,56,57)/t28-,32-,37+,39-,45+/m1/s1. The Morgan fingerprint density at radius 1 is 1.10 bits per heavy atom. The Hall–Kier alpha value is -5.05. The Morgan fingerprint density at radius 3 is 2.52 bits per heavy atom. The number of hydrogen-bond donors (Lipinski definition) is 4. The Labute approximate surface area is 365 Å². The van der Waals surface area contributed by atoms with Crippen LogP contribution >= 0.6 is 18.7 Å². The van der Waals surface area contributed by atoms with Gasteiger partial charge in [0.25, 0.3) is 0 Å². The van der Waals surface area contributed by atoms with Crippen molar-refractivity contribution in [2.24, 2.45) is 11.3 Å². The highest BCUT2D eigenvalue weighted by atomic mass is 32.1. The summed E-state index contributed by atoms with van der Waals surface area (Å²) in [5, 5.41) is 10.7. The van der Waals surface area contributed by atoms with Crippen molar-refractivity contribution in [3.8, 4) is 22.9 Å². The minimum atomic E-state index is -4.27. The SMILES string of the molecule is C=C[C@@H]1C[C@]1(NC(=O)[C@@H]1C[C@@H](Oc2cc(-c3csc(NC(C)C)n3)nc3cc(OC)ccc23)CN1C(=O)[C@@H](NC(=O)OC1CCCC1)C(C)(C)C)P(=O)(O)Cc1cccc(F)c1. The molecule has 7 rings (SSSR count). The third-order valence-corrected chi connectivity index (χ3v) is 15.2. The van der Waals surface area contributed by atoms with E-state index in [0.29, 0.717) is 39.4 Å². The van der Waals surface area contributed by atoms with Crippen LogP contribution in [0.4, 0.5) is 14.3 Å². The number of ether oxygens (including phenoxy) is 3. The average Bonchev–Trinajstić information content (AvgIpc) is 3.60. The van der Waals surface area contributed by atoms with Gasteiger partial charge in [-0.2, -0.15) is 0 Å². The number of carbonyl (C=O) groups excluding carboxylic acids is 3. The summed E-state index contributed by atoms with van der Waals surface area (Å²) < 4.78 is 46.4. The number of halogens is 1. The van der Waals surface area contributed by atoms with Crippen molar-refractivity contribution in [2.45, 2.75) is 115 Å². The van der Waals surface area contributed by atoms with E-state index in [9.17, 15) is 28.2 Å². The van der Waals surface area contributed by atoms with Crippen LogP contribution in [0, 0.1) is 17.2 Å².